The van der Waals surface area contributed by atoms with Gasteiger partial charge in [0, 0.05) is 18.2 Å². The van der Waals surface area contributed by atoms with Crippen LogP contribution in [0, 0.1) is 5.41 Å². The van der Waals surface area contributed by atoms with Crippen LogP contribution in [0.3, 0.4) is 0 Å². The minimum absolute atomic E-state index is 0.0334. The molecule has 4 aromatic rings. The number of hydrogen-bond donors (Lipinski definition) is 5. The normalized spacial score (nSPS) is 12.1. The highest BCUT2D eigenvalue weighted by Gasteiger charge is 2.10. The number of imidazole rings is 2. The number of nitrogens with zero attached hydrogens (tertiary/aromatic N) is 3. The van der Waals surface area contributed by atoms with Gasteiger partial charge in [-0.15, -0.1) is 0 Å². The first-order valence-corrected chi connectivity index (χ1v) is 8.08. The fraction of sp³-hybridized carbons (Fsp3) is 0.111. The average molecular weight is 346 g/mol. The lowest BCUT2D eigenvalue weighted by atomic mass is 10.2. The van der Waals surface area contributed by atoms with Crippen molar-refractivity contribution in [3.63, 3.8) is 0 Å². The molecule has 8 heteroatoms. The maximum absolute atomic E-state index is 7.53. The van der Waals surface area contributed by atoms with Gasteiger partial charge >= 0.3 is 0 Å². The van der Waals surface area contributed by atoms with Gasteiger partial charge in [-0.25, -0.2) is 9.97 Å². The van der Waals surface area contributed by atoms with E-state index < -0.39 is 0 Å². The molecule has 7 N–H and O–H groups in total. The number of H-pyrrole nitrogens is 2. The Morgan fingerprint density at radius 3 is 2.04 bits per heavy atom. The average Bonchev–Trinajstić information content (AvgIpc) is 3.22. The molecule has 0 radical (unpaired) electrons. The SMILES string of the molecule is CN=C(N)c1ccc2nc(Cc3nc4ccc(C(=N)N)cc4[nH]3)[nH]c2c1. The molecule has 8 nitrogen and oxygen atoms in total. The molecule has 0 spiro atoms. The Morgan fingerprint density at radius 1 is 0.962 bits per heavy atom. The third-order valence-corrected chi connectivity index (χ3v) is 4.24. The predicted molar refractivity (Wildman–Crippen MR) is 103 cm³/mol. The Labute approximate surface area is 148 Å². The monoisotopic (exact) mass is 346 g/mol. The fourth-order valence-corrected chi connectivity index (χ4v) is 2.91. The van der Waals surface area contributed by atoms with Crippen LogP contribution in [-0.2, 0) is 6.42 Å². The number of fused-ring (bicyclic) bond motifs is 2. The summed E-state index contributed by atoms with van der Waals surface area (Å²) in [6.45, 7) is 0. The molecule has 0 aliphatic carbocycles. The third-order valence-electron chi connectivity index (χ3n) is 4.24. The molecule has 0 atom stereocenters. The molecular formula is C18H18N8. The molecule has 2 aromatic heterocycles. The standard InChI is InChI=1S/C18H18N8/c1-22-18(21)10-3-5-12-14(7-10)26-16(24-12)8-15-23-11-4-2-9(17(19)20)6-13(11)25-15/h2-7H,8H2,1H3,(H3,19,20)(H2,21,22)(H,23,25)(H,24,26). The molecule has 0 fully saturated rings. The van der Waals surface area contributed by atoms with Crippen LogP contribution in [0.5, 0.6) is 0 Å². The summed E-state index contributed by atoms with van der Waals surface area (Å²) in [6, 6.07) is 11.2. The van der Waals surface area contributed by atoms with Gasteiger partial charge < -0.3 is 21.4 Å². The number of aromatic nitrogens is 4. The van der Waals surface area contributed by atoms with Crippen LogP contribution in [-0.4, -0.2) is 38.7 Å². The van der Waals surface area contributed by atoms with Crippen molar-refractivity contribution in [1.82, 2.24) is 19.9 Å². The molecule has 4 rings (SSSR count). The van der Waals surface area contributed by atoms with Gasteiger partial charge in [0.15, 0.2) is 0 Å². The maximum Gasteiger partial charge on any atom is 0.125 e. The van der Waals surface area contributed by atoms with Crippen molar-refractivity contribution in [3.05, 3.63) is 59.2 Å². The summed E-state index contributed by atoms with van der Waals surface area (Å²) in [5.74, 6) is 2.11. The summed E-state index contributed by atoms with van der Waals surface area (Å²) >= 11 is 0. The third kappa shape index (κ3) is 2.77. The number of nitrogens with two attached hydrogens (primary N) is 2. The number of aromatic amines is 2. The van der Waals surface area contributed by atoms with E-state index in [9.17, 15) is 0 Å². The lowest BCUT2D eigenvalue weighted by molar-refractivity contribution is 0.960. The Bertz CT molecular complexity index is 1160. The molecule has 26 heavy (non-hydrogen) atoms. The number of benzene rings is 2. The molecule has 130 valence electrons. The van der Waals surface area contributed by atoms with Crippen LogP contribution in [0.1, 0.15) is 22.8 Å². The van der Waals surface area contributed by atoms with Gasteiger partial charge in [-0.05, 0) is 36.4 Å². The Kier molecular flexibility index (Phi) is 3.65. The van der Waals surface area contributed by atoms with Crippen LogP contribution in [0.15, 0.2) is 41.4 Å². The summed E-state index contributed by atoms with van der Waals surface area (Å²) in [6.07, 6.45) is 0.533. The number of amidine groups is 2. The van der Waals surface area contributed by atoms with E-state index in [0.717, 1.165) is 39.3 Å². The summed E-state index contributed by atoms with van der Waals surface area (Å²) in [5.41, 5.74) is 16.4. The minimum atomic E-state index is 0.0334. The Balaban J connectivity index is 1.66. The highest BCUT2D eigenvalue weighted by Crippen LogP contribution is 2.18. The van der Waals surface area contributed by atoms with E-state index in [1.54, 1.807) is 13.1 Å². The first-order valence-electron chi connectivity index (χ1n) is 8.08. The Morgan fingerprint density at radius 2 is 1.50 bits per heavy atom. The van der Waals surface area contributed by atoms with Crippen LogP contribution >= 0.6 is 0 Å². The number of rotatable bonds is 4. The van der Waals surface area contributed by atoms with Crippen LogP contribution in [0.4, 0.5) is 0 Å². The summed E-state index contributed by atoms with van der Waals surface area (Å²) < 4.78 is 0. The van der Waals surface area contributed by atoms with Crippen molar-refractivity contribution >= 4 is 33.7 Å². The van der Waals surface area contributed by atoms with Crippen molar-refractivity contribution < 1.29 is 0 Å². The van der Waals surface area contributed by atoms with Gasteiger partial charge in [0.1, 0.15) is 23.3 Å². The summed E-state index contributed by atoms with van der Waals surface area (Å²) in [5, 5.41) is 7.53. The number of aliphatic imine (C=N–C) groups is 1. The van der Waals surface area contributed by atoms with Crippen molar-refractivity contribution in [2.24, 2.45) is 16.5 Å². The van der Waals surface area contributed by atoms with Gasteiger partial charge in [0.2, 0.25) is 0 Å². The second-order valence-corrected chi connectivity index (χ2v) is 6.03. The smallest absolute Gasteiger partial charge is 0.125 e. The number of nitrogens with one attached hydrogen (secondary N) is 3. The fourth-order valence-electron chi connectivity index (χ4n) is 2.91. The van der Waals surface area contributed by atoms with Gasteiger partial charge in [-0.3, -0.25) is 10.4 Å². The first-order chi connectivity index (χ1) is 12.5. The molecule has 0 saturated carbocycles. The number of nitrogen functional groups attached to an aromatic ring is 1. The Hall–Kier alpha value is -3.68. The van der Waals surface area contributed by atoms with Gasteiger partial charge in [0.25, 0.3) is 0 Å². The second kappa shape index (κ2) is 5.99. The van der Waals surface area contributed by atoms with Gasteiger partial charge in [-0.2, -0.15) is 0 Å². The van der Waals surface area contributed by atoms with Crippen LogP contribution in [0.25, 0.3) is 22.1 Å². The molecule has 0 aliphatic rings. The molecule has 2 heterocycles. The minimum Gasteiger partial charge on any atom is -0.384 e. The maximum atomic E-state index is 7.53. The zero-order chi connectivity index (χ0) is 18.3. The van der Waals surface area contributed by atoms with Crippen LogP contribution < -0.4 is 11.5 Å². The van der Waals surface area contributed by atoms with Gasteiger partial charge in [-0.1, -0.05) is 0 Å². The number of hydrogen-bond acceptors (Lipinski definition) is 4. The highest BCUT2D eigenvalue weighted by molar-refractivity contribution is 6.00. The molecule has 2 aromatic carbocycles. The lowest BCUT2D eigenvalue weighted by Crippen LogP contribution is -2.12. The van der Waals surface area contributed by atoms with Crippen molar-refractivity contribution in [3.8, 4) is 0 Å². The summed E-state index contributed by atoms with van der Waals surface area (Å²) in [4.78, 5) is 19.7. The zero-order valence-corrected chi connectivity index (χ0v) is 14.2. The van der Waals surface area contributed by atoms with E-state index in [4.69, 9.17) is 16.9 Å². The van der Waals surface area contributed by atoms with E-state index in [1.165, 1.54) is 0 Å². The van der Waals surface area contributed by atoms with E-state index in [2.05, 4.69) is 24.9 Å². The quantitative estimate of drug-likeness (QED) is 0.282. The molecular weight excluding hydrogens is 328 g/mol. The molecule has 0 amide bonds. The topological polar surface area (TPSA) is 146 Å². The lowest BCUT2D eigenvalue weighted by Gasteiger charge is -1.98. The second-order valence-electron chi connectivity index (χ2n) is 6.03. The molecule has 0 unspecified atom stereocenters. The van der Waals surface area contributed by atoms with E-state index >= 15 is 0 Å². The first kappa shape index (κ1) is 15.8. The van der Waals surface area contributed by atoms with Crippen molar-refractivity contribution in [1.29, 1.82) is 5.41 Å². The summed E-state index contributed by atoms with van der Waals surface area (Å²) in [7, 11) is 1.66. The van der Waals surface area contributed by atoms with E-state index in [0.29, 0.717) is 17.8 Å². The molecule has 0 bridgehead atoms. The van der Waals surface area contributed by atoms with Crippen LogP contribution in [0.2, 0.25) is 0 Å². The molecule has 0 saturated heterocycles. The van der Waals surface area contributed by atoms with Crippen molar-refractivity contribution in [2.45, 2.75) is 6.42 Å². The molecule has 0 aliphatic heterocycles. The van der Waals surface area contributed by atoms with E-state index in [-0.39, 0.29) is 5.84 Å². The van der Waals surface area contributed by atoms with Gasteiger partial charge in [0.05, 0.1) is 28.5 Å². The largest absolute Gasteiger partial charge is 0.384 e. The predicted octanol–water partition coefficient (Wildman–Crippen LogP) is 1.65. The van der Waals surface area contributed by atoms with Crippen molar-refractivity contribution in [2.75, 3.05) is 7.05 Å². The highest BCUT2D eigenvalue weighted by atomic mass is 15.0. The van der Waals surface area contributed by atoms with E-state index in [1.807, 2.05) is 30.3 Å². The zero-order valence-electron chi connectivity index (χ0n) is 14.2.